The molecular weight excluding hydrogens is 278 g/mol. The highest BCUT2D eigenvalue weighted by Crippen LogP contribution is 2.21. The van der Waals surface area contributed by atoms with Crippen molar-refractivity contribution in [2.24, 2.45) is 0 Å². The van der Waals surface area contributed by atoms with Crippen molar-refractivity contribution in [1.29, 1.82) is 0 Å². The molecule has 1 fully saturated rings. The van der Waals surface area contributed by atoms with Crippen molar-refractivity contribution in [3.05, 3.63) is 29.8 Å². The lowest BCUT2D eigenvalue weighted by Crippen LogP contribution is -2.49. The first-order valence-electron chi connectivity index (χ1n) is 6.45. The van der Waals surface area contributed by atoms with Gasteiger partial charge in [-0.05, 0) is 17.7 Å². The maximum Gasteiger partial charge on any atom is 0.154 e. The summed E-state index contributed by atoms with van der Waals surface area (Å²) in [6.07, 6.45) is -0.851. The molecule has 20 heavy (non-hydrogen) atoms. The quantitative estimate of drug-likeness (QED) is 0.587. The number of sulfone groups is 1. The Labute approximate surface area is 119 Å². The zero-order chi connectivity index (χ0) is 14.9. The fourth-order valence-electron chi connectivity index (χ4n) is 2.46. The zero-order valence-electron chi connectivity index (χ0n) is 11.7. The van der Waals surface area contributed by atoms with Gasteiger partial charge in [-0.15, -0.1) is 0 Å². The number of hydrogen-bond acceptors (Lipinski definition) is 6. The van der Waals surface area contributed by atoms with Gasteiger partial charge in [0.25, 0.3) is 0 Å². The normalized spacial score (nSPS) is 25.4. The Bertz CT molecular complexity index is 557. The van der Waals surface area contributed by atoms with Crippen LogP contribution in [0.4, 0.5) is 5.69 Å². The van der Waals surface area contributed by atoms with Gasteiger partial charge < -0.3 is 10.8 Å². The Balaban J connectivity index is 2.17. The predicted molar refractivity (Wildman–Crippen MR) is 78.5 cm³/mol. The van der Waals surface area contributed by atoms with Crippen molar-refractivity contribution >= 4 is 15.5 Å². The number of nitrogen functional groups attached to an aromatic ring is 1. The van der Waals surface area contributed by atoms with Gasteiger partial charge in [0.1, 0.15) is 0 Å². The number of nitrogens with two attached hydrogens (primary N) is 1. The van der Waals surface area contributed by atoms with E-state index in [9.17, 15) is 13.5 Å². The summed E-state index contributed by atoms with van der Waals surface area (Å²) in [6.45, 7) is 0.532. The van der Waals surface area contributed by atoms with Gasteiger partial charge in [-0.25, -0.2) is 18.4 Å². The van der Waals surface area contributed by atoms with Crippen molar-refractivity contribution in [1.82, 2.24) is 10.0 Å². The van der Waals surface area contributed by atoms with Crippen LogP contribution in [0.25, 0.3) is 0 Å². The predicted octanol–water partition coefficient (Wildman–Crippen LogP) is -0.295. The highest BCUT2D eigenvalue weighted by atomic mass is 32.2. The molecule has 1 aromatic rings. The summed E-state index contributed by atoms with van der Waals surface area (Å²) in [5, 5.41) is 13.7. The SMILES string of the molecule is CN(C)N(Cc1ccc(N)cc1)[C@H]1CS(=O)(=O)C[C@@H]1O. The van der Waals surface area contributed by atoms with Crippen LogP contribution in [0, 0.1) is 0 Å². The Kier molecular flexibility index (Phi) is 4.33. The van der Waals surface area contributed by atoms with E-state index in [1.54, 1.807) is 0 Å². The van der Waals surface area contributed by atoms with E-state index >= 15 is 0 Å². The van der Waals surface area contributed by atoms with Crippen LogP contribution < -0.4 is 5.73 Å². The number of nitrogens with zero attached hydrogens (tertiary/aromatic N) is 2. The zero-order valence-corrected chi connectivity index (χ0v) is 12.5. The van der Waals surface area contributed by atoms with Crippen LogP contribution in [-0.4, -0.2) is 61.3 Å². The third-order valence-corrected chi connectivity index (χ3v) is 5.21. The minimum atomic E-state index is -3.16. The summed E-state index contributed by atoms with van der Waals surface area (Å²) < 4.78 is 23.3. The summed E-state index contributed by atoms with van der Waals surface area (Å²) in [5.41, 5.74) is 7.36. The molecule has 3 N–H and O–H groups in total. The average Bonchev–Trinajstić information content (AvgIpc) is 2.61. The van der Waals surface area contributed by atoms with Gasteiger partial charge in [-0.3, -0.25) is 0 Å². The Hall–Kier alpha value is -1.15. The summed E-state index contributed by atoms with van der Waals surface area (Å²) in [7, 11) is 0.524. The summed E-state index contributed by atoms with van der Waals surface area (Å²) in [5.74, 6) is -0.176. The van der Waals surface area contributed by atoms with Gasteiger partial charge in [-0.1, -0.05) is 12.1 Å². The summed E-state index contributed by atoms with van der Waals surface area (Å²) in [6, 6.07) is 7.02. The Morgan fingerprint density at radius 2 is 1.85 bits per heavy atom. The maximum absolute atomic E-state index is 11.7. The van der Waals surface area contributed by atoms with Gasteiger partial charge in [0.2, 0.25) is 0 Å². The standard InChI is InChI=1S/C13H21N3O3S/c1-15(2)16(7-10-3-5-11(14)6-4-10)12-8-20(18,19)9-13(12)17/h3-6,12-13,17H,7-9,14H2,1-2H3/t12-,13-/m0/s1. The second-order valence-corrected chi connectivity index (χ2v) is 7.55. The molecule has 0 saturated carbocycles. The molecule has 1 heterocycles. The van der Waals surface area contributed by atoms with Gasteiger partial charge in [-0.2, -0.15) is 0 Å². The van der Waals surface area contributed by atoms with Crippen LogP contribution >= 0.6 is 0 Å². The first kappa shape index (κ1) is 15.2. The third kappa shape index (κ3) is 3.49. The van der Waals surface area contributed by atoms with Gasteiger partial charge in [0.15, 0.2) is 9.84 Å². The first-order valence-corrected chi connectivity index (χ1v) is 8.27. The number of rotatable bonds is 4. The molecule has 0 bridgehead atoms. The number of anilines is 1. The molecule has 0 amide bonds. The van der Waals surface area contributed by atoms with Crippen LogP contribution in [0.5, 0.6) is 0 Å². The lowest BCUT2D eigenvalue weighted by Gasteiger charge is -2.35. The van der Waals surface area contributed by atoms with E-state index in [1.165, 1.54) is 0 Å². The van der Waals surface area contributed by atoms with Crippen LogP contribution in [0.3, 0.4) is 0 Å². The molecule has 0 spiro atoms. The number of hydrazine groups is 1. The molecule has 0 aromatic heterocycles. The van der Waals surface area contributed by atoms with Crippen LogP contribution in [0.15, 0.2) is 24.3 Å². The van der Waals surface area contributed by atoms with E-state index in [-0.39, 0.29) is 11.5 Å². The average molecular weight is 299 g/mol. The summed E-state index contributed by atoms with van der Waals surface area (Å²) in [4.78, 5) is 0. The maximum atomic E-state index is 11.7. The van der Waals surface area contributed by atoms with Crippen molar-refractivity contribution in [2.45, 2.75) is 18.7 Å². The van der Waals surface area contributed by atoms with Crippen LogP contribution in [-0.2, 0) is 16.4 Å². The van der Waals surface area contributed by atoms with E-state index in [4.69, 9.17) is 5.73 Å². The van der Waals surface area contributed by atoms with Crippen molar-refractivity contribution in [2.75, 3.05) is 31.3 Å². The van der Waals surface area contributed by atoms with Gasteiger partial charge in [0.05, 0.1) is 23.7 Å². The Morgan fingerprint density at radius 1 is 1.25 bits per heavy atom. The van der Waals surface area contributed by atoms with Crippen molar-refractivity contribution in [3.63, 3.8) is 0 Å². The van der Waals surface area contributed by atoms with Crippen molar-refractivity contribution < 1.29 is 13.5 Å². The molecule has 1 saturated heterocycles. The molecule has 6 nitrogen and oxygen atoms in total. The molecular formula is C13H21N3O3S. The highest BCUT2D eigenvalue weighted by Gasteiger charge is 2.40. The smallest absolute Gasteiger partial charge is 0.154 e. The Morgan fingerprint density at radius 3 is 2.30 bits per heavy atom. The second-order valence-electron chi connectivity index (χ2n) is 5.40. The fourth-order valence-corrected chi connectivity index (χ4v) is 4.25. The van der Waals surface area contributed by atoms with Crippen molar-refractivity contribution in [3.8, 4) is 0 Å². The number of aliphatic hydroxyl groups excluding tert-OH is 1. The van der Waals surface area contributed by atoms with Gasteiger partial charge in [0, 0.05) is 26.3 Å². The molecule has 2 atom stereocenters. The van der Waals surface area contributed by atoms with E-state index < -0.39 is 22.0 Å². The number of aliphatic hydroxyl groups is 1. The molecule has 1 aliphatic heterocycles. The highest BCUT2D eigenvalue weighted by molar-refractivity contribution is 7.91. The first-order chi connectivity index (χ1) is 9.28. The minimum Gasteiger partial charge on any atom is -0.399 e. The third-order valence-electron chi connectivity index (χ3n) is 3.51. The van der Waals surface area contributed by atoms with Crippen LogP contribution in [0.1, 0.15) is 5.56 Å². The molecule has 0 radical (unpaired) electrons. The topological polar surface area (TPSA) is 86.9 Å². The van der Waals surface area contributed by atoms with Crippen LogP contribution in [0.2, 0.25) is 0 Å². The fraction of sp³-hybridized carbons (Fsp3) is 0.538. The monoisotopic (exact) mass is 299 g/mol. The summed E-state index contributed by atoms with van der Waals surface area (Å²) >= 11 is 0. The van der Waals surface area contributed by atoms with E-state index in [2.05, 4.69) is 0 Å². The second kappa shape index (κ2) is 5.69. The molecule has 112 valence electrons. The molecule has 0 unspecified atom stereocenters. The number of benzene rings is 1. The minimum absolute atomic E-state index is 0.0126. The van der Waals surface area contributed by atoms with Gasteiger partial charge >= 0.3 is 0 Å². The molecule has 1 aromatic carbocycles. The number of hydrogen-bond donors (Lipinski definition) is 2. The van der Waals surface area contributed by atoms with E-state index in [1.807, 2.05) is 48.4 Å². The molecule has 1 aliphatic rings. The van der Waals surface area contributed by atoms with E-state index in [0.717, 1.165) is 5.56 Å². The van der Waals surface area contributed by atoms with E-state index in [0.29, 0.717) is 12.2 Å². The largest absolute Gasteiger partial charge is 0.399 e. The lowest BCUT2D eigenvalue weighted by molar-refractivity contribution is -0.0558. The molecule has 7 heteroatoms. The molecule has 2 rings (SSSR count). The molecule has 0 aliphatic carbocycles. The lowest BCUT2D eigenvalue weighted by atomic mass is 10.1.